The first-order valence-corrected chi connectivity index (χ1v) is 3.95. The van der Waals surface area contributed by atoms with Crippen molar-refractivity contribution in [2.24, 2.45) is 11.8 Å². The highest BCUT2D eigenvalue weighted by atomic mass is 14.4. The van der Waals surface area contributed by atoms with Crippen LogP contribution in [0.1, 0.15) is 32.1 Å². The molecule has 2 rings (SSSR count). The molecule has 0 aromatic carbocycles. The van der Waals surface area contributed by atoms with Crippen molar-refractivity contribution in [2.75, 3.05) is 0 Å². The Labute approximate surface area is 58.0 Å². The third-order valence-electron chi connectivity index (χ3n) is 2.63. The highest BCUT2D eigenvalue weighted by Gasteiger charge is 2.30. The topological polar surface area (TPSA) is 0 Å². The summed E-state index contributed by atoms with van der Waals surface area (Å²) in [6, 6.07) is 0. The highest BCUT2D eigenvalue weighted by Crippen LogP contribution is 2.43. The van der Waals surface area contributed by atoms with E-state index in [4.69, 9.17) is 0 Å². The van der Waals surface area contributed by atoms with Gasteiger partial charge in [0.15, 0.2) is 0 Å². The third-order valence-corrected chi connectivity index (χ3v) is 2.63. The lowest BCUT2D eigenvalue weighted by molar-refractivity contribution is 0.480. The van der Waals surface area contributed by atoms with Gasteiger partial charge in [-0.3, -0.25) is 0 Å². The van der Waals surface area contributed by atoms with Crippen LogP contribution < -0.4 is 0 Å². The van der Waals surface area contributed by atoms with Crippen LogP contribution in [0.2, 0.25) is 0 Å². The maximum atomic E-state index is 3.00. The second-order valence-corrected chi connectivity index (χ2v) is 3.12. The molecule has 0 radical (unpaired) electrons. The lowest BCUT2D eigenvalue weighted by Crippen LogP contribution is -1.90. The van der Waals surface area contributed by atoms with Crippen molar-refractivity contribution in [3.63, 3.8) is 0 Å². The van der Waals surface area contributed by atoms with E-state index in [1.807, 2.05) is 0 Å². The second kappa shape index (κ2) is 3.05. The van der Waals surface area contributed by atoms with Gasteiger partial charge in [0.05, 0.1) is 0 Å². The first kappa shape index (κ1) is 6.85. The van der Waals surface area contributed by atoms with Gasteiger partial charge in [-0.25, -0.2) is 0 Å². The maximum absolute atomic E-state index is 3.00. The summed E-state index contributed by atoms with van der Waals surface area (Å²) in [4.78, 5) is 0. The predicted molar refractivity (Wildman–Crippen MR) is 41.3 cm³/mol. The summed E-state index contributed by atoms with van der Waals surface area (Å²) in [6.45, 7) is 6.00. The average Bonchev–Trinajstić information content (AvgIpc) is 2.53. The summed E-state index contributed by atoms with van der Waals surface area (Å²) in [5.74, 6) is 2.34. The average molecular weight is 124 g/mol. The normalized spacial score (nSPS) is 37.8. The zero-order chi connectivity index (χ0) is 6.69. The Morgan fingerprint density at radius 2 is 1.11 bits per heavy atom. The van der Waals surface area contributed by atoms with Crippen molar-refractivity contribution in [1.29, 1.82) is 0 Å². The van der Waals surface area contributed by atoms with Gasteiger partial charge in [-0.05, 0) is 18.3 Å². The minimum absolute atomic E-state index is 1.17. The van der Waals surface area contributed by atoms with E-state index in [1.165, 1.54) is 11.8 Å². The summed E-state index contributed by atoms with van der Waals surface area (Å²) in [5.41, 5.74) is 0. The molecule has 0 unspecified atom stereocenters. The largest absolute Gasteiger partial charge is 0.106 e. The molecule has 0 aromatic rings. The first-order chi connectivity index (χ1) is 4.45. The molecule has 0 spiro atoms. The van der Waals surface area contributed by atoms with E-state index in [0.29, 0.717) is 0 Å². The highest BCUT2D eigenvalue weighted by molar-refractivity contribution is 4.82. The Morgan fingerprint density at radius 3 is 1.22 bits per heavy atom. The fraction of sp³-hybridized carbons (Fsp3) is 0.778. The van der Waals surface area contributed by atoms with E-state index in [-0.39, 0.29) is 0 Å². The van der Waals surface area contributed by atoms with Crippen LogP contribution in [0.15, 0.2) is 13.2 Å². The third kappa shape index (κ3) is 1.35. The van der Waals surface area contributed by atoms with Gasteiger partial charge < -0.3 is 0 Å². The molecule has 2 saturated carbocycles. The molecule has 2 bridgehead atoms. The number of hydrogen-bond donors (Lipinski definition) is 0. The molecule has 0 heterocycles. The minimum Gasteiger partial charge on any atom is -0.106 e. The van der Waals surface area contributed by atoms with E-state index >= 15 is 0 Å². The molecule has 9 heavy (non-hydrogen) atoms. The van der Waals surface area contributed by atoms with Crippen LogP contribution in [-0.2, 0) is 0 Å². The van der Waals surface area contributed by atoms with Gasteiger partial charge in [-0.1, -0.05) is 25.7 Å². The van der Waals surface area contributed by atoms with E-state index in [1.54, 1.807) is 32.1 Å². The van der Waals surface area contributed by atoms with Gasteiger partial charge >= 0.3 is 0 Å². The maximum Gasteiger partial charge on any atom is -0.0411 e. The molecular formula is C9H16. The number of hydrogen-bond acceptors (Lipinski definition) is 0. The summed E-state index contributed by atoms with van der Waals surface area (Å²) in [5, 5.41) is 0. The van der Waals surface area contributed by atoms with E-state index in [9.17, 15) is 0 Å². The lowest BCUT2D eigenvalue weighted by atomic mass is 10.0. The van der Waals surface area contributed by atoms with Gasteiger partial charge in [-0.2, -0.15) is 0 Å². The number of fused-ring (bicyclic) bond motifs is 2. The Morgan fingerprint density at radius 1 is 0.778 bits per heavy atom. The molecule has 0 aliphatic heterocycles. The van der Waals surface area contributed by atoms with Crippen LogP contribution in [0.25, 0.3) is 0 Å². The van der Waals surface area contributed by atoms with Gasteiger partial charge in [0.2, 0.25) is 0 Å². The van der Waals surface area contributed by atoms with Crippen LogP contribution >= 0.6 is 0 Å². The van der Waals surface area contributed by atoms with E-state index in [0.717, 1.165) is 0 Å². The molecule has 0 saturated heterocycles. The predicted octanol–water partition coefficient (Wildman–Crippen LogP) is 3.00. The van der Waals surface area contributed by atoms with E-state index < -0.39 is 0 Å². The molecule has 52 valence electrons. The van der Waals surface area contributed by atoms with Crippen molar-refractivity contribution in [3.8, 4) is 0 Å². The summed E-state index contributed by atoms with van der Waals surface area (Å²) in [6.07, 6.45) is 7.82. The molecule has 2 aliphatic carbocycles. The SMILES string of the molecule is C1CC2CCC1C2.C=C. The van der Waals surface area contributed by atoms with Gasteiger partial charge in [-0.15, -0.1) is 13.2 Å². The van der Waals surface area contributed by atoms with Gasteiger partial charge in [0, 0.05) is 0 Å². The zero-order valence-corrected chi connectivity index (χ0v) is 6.10. The molecular weight excluding hydrogens is 108 g/mol. The Bertz CT molecular complexity index is 68.0. The molecule has 0 atom stereocenters. The molecule has 0 heteroatoms. The van der Waals surface area contributed by atoms with Crippen LogP contribution in [-0.4, -0.2) is 0 Å². The molecule has 0 N–H and O–H groups in total. The molecule has 2 fully saturated rings. The fourth-order valence-electron chi connectivity index (χ4n) is 2.17. The van der Waals surface area contributed by atoms with Crippen molar-refractivity contribution < 1.29 is 0 Å². The summed E-state index contributed by atoms with van der Waals surface area (Å²) >= 11 is 0. The first-order valence-electron chi connectivity index (χ1n) is 3.95. The standard InChI is InChI=1S/C7H12.C2H4/c1-2-7-4-3-6(1)5-7;1-2/h6-7H,1-5H2;1-2H2. The van der Waals surface area contributed by atoms with Crippen LogP contribution in [0.3, 0.4) is 0 Å². The Kier molecular flexibility index (Phi) is 2.32. The van der Waals surface area contributed by atoms with Gasteiger partial charge in [0.25, 0.3) is 0 Å². The molecule has 0 nitrogen and oxygen atoms in total. The quantitative estimate of drug-likeness (QED) is 0.435. The van der Waals surface area contributed by atoms with Crippen molar-refractivity contribution >= 4 is 0 Å². The summed E-state index contributed by atoms with van der Waals surface area (Å²) in [7, 11) is 0. The van der Waals surface area contributed by atoms with E-state index in [2.05, 4.69) is 13.2 Å². The van der Waals surface area contributed by atoms with Gasteiger partial charge in [0.1, 0.15) is 0 Å². The molecule has 0 amide bonds. The van der Waals surface area contributed by atoms with Crippen molar-refractivity contribution in [1.82, 2.24) is 0 Å². The van der Waals surface area contributed by atoms with Crippen molar-refractivity contribution in [3.05, 3.63) is 13.2 Å². The lowest BCUT2D eigenvalue weighted by Gasteiger charge is -2.05. The number of rotatable bonds is 0. The smallest absolute Gasteiger partial charge is 0.0411 e. The Balaban J connectivity index is 0.000000186. The molecule has 2 aliphatic rings. The zero-order valence-electron chi connectivity index (χ0n) is 6.10. The van der Waals surface area contributed by atoms with Crippen LogP contribution in [0.5, 0.6) is 0 Å². The van der Waals surface area contributed by atoms with Crippen LogP contribution in [0.4, 0.5) is 0 Å². The minimum atomic E-state index is 1.17. The monoisotopic (exact) mass is 124 g/mol. The Hall–Kier alpha value is -0.260. The van der Waals surface area contributed by atoms with Crippen LogP contribution in [0, 0.1) is 11.8 Å². The fourth-order valence-corrected chi connectivity index (χ4v) is 2.17. The van der Waals surface area contributed by atoms with Crippen molar-refractivity contribution in [2.45, 2.75) is 32.1 Å². The summed E-state index contributed by atoms with van der Waals surface area (Å²) < 4.78 is 0. The second-order valence-electron chi connectivity index (χ2n) is 3.12. The molecule has 0 aromatic heterocycles.